The molecular weight excluding hydrogens is 280 g/mol. The topological polar surface area (TPSA) is 125 Å². The van der Waals surface area contributed by atoms with E-state index in [1.165, 1.54) is 4.90 Å². The van der Waals surface area contributed by atoms with Gasteiger partial charge in [0.25, 0.3) is 0 Å². The summed E-state index contributed by atoms with van der Waals surface area (Å²) in [6.07, 6.45) is 2.99. The number of rotatable bonds is 5. The molecule has 1 unspecified atom stereocenters. The molecule has 21 heavy (non-hydrogen) atoms. The highest BCUT2D eigenvalue weighted by Gasteiger charge is 2.26. The van der Waals surface area contributed by atoms with Gasteiger partial charge in [-0.3, -0.25) is 4.79 Å². The Kier molecular flexibility index (Phi) is 4.41. The Morgan fingerprint density at radius 1 is 1.33 bits per heavy atom. The van der Waals surface area contributed by atoms with Crippen molar-refractivity contribution in [1.82, 2.24) is 19.8 Å². The zero-order valence-electron chi connectivity index (χ0n) is 11.2. The smallest absolute Gasteiger partial charge is 0.326 e. The highest BCUT2D eigenvalue weighted by atomic mass is 16.4. The predicted molar refractivity (Wildman–Crippen MR) is 69.5 cm³/mol. The molecule has 1 aromatic rings. The van der Waals surface area contributed by atoms with Crippen molar-refractivity contribution in [2.45, 2.75) is 32.0 Å². The lowest BCUT2D eigenvalue weighted by atomic mass is 10.1. The number of carbonyl (C=O) groups excluding carboxylic acids is 1. The van der Waals surface area contributed by atoms with Gasteiger partial charge in [-0.15, -0.1) is 0 Å². The Morgan fingerprint density at radius 3 is 2.76 bits per heavy atom. The molecule has 0 saturated heterocycles. The maximum Gasteiger partial charge on any atom is 0.326 e. The largest absolute Gasteiger partial charge is 0.481 e. The van der Waals surface area contributed by atoms with Gasteiger partial charge in [-0.25, -0.2) is 14.6 Å². The third-order valence-electron chi connectivity index (χ3n) is 3.27. The summed E-state index contributed by atoms with van der Waals surface area (Å²) in [6, 6.07) is -1.74. The fourth-order valence-electron chi connectivity index (χ4n) is 2.11. The molecule has 2 heterocycles. The van der Waals surface area contributed by atoms with Gasteiger partial charge in [-0.05, 0) is 6.42 Å². The van der Waals surface area contributed by atoms with Gasteiger partial charge in [-0.2, -0.15) is 0 Å². The Hall–Kier alpha value is -2.58. The van der Waals surface area contributed by atoms with Crippen LogP contribution in [-0.2, 0) is 22.7 Å². The minimum atomic E-state index is -1.25. The number of nitrogens with one attached hydrogen (secondary N) is 1. The van der Waals surface area contributed by atoms with E-state index < -0.39 is 24.0 Å². The van der Waals surface area contributed by atoms with Gasteiger partial charge in [0.2, 0.25) is 0 Å². The second-order valence-electron chi connectivity index (χ2n) is 4.73. The Bertz CT molecular complexity index is 556. The highest BCUT2D eigenvalue weighted by Crippen LogP contribution is 2.10. The number of carboxylic acid groups (broad SMARTS) is 2. The van der Waals surface area contributed by atoms with E-state index in [9.17, 15) is 14.4 Å². The number of aromatic nitrogens is 2. The Morgan fingerprint density at radius 2 is 2.10 bits per heavy atom. The van der Waals surface area contributed by atoms with Crippen LogP contribution in [0.5, 0.6) is 0 Å². The van der Waals surface area contributed by atoms with E-state index in [0.717, 1.165) is 5.82 Å². The van der Waals surface area contributed by atoms with Gasteiger partial charge in [-0.1, -0.05) is 0 Å². The monoisotopic (exact) mass is 296 g/mol. The summed E-state index contributed by atoms with van der Waals surface area (Å²) < 4.78 is 1.92. The van der Waals surface area contributed by atoms with Crippen molar-refractivity contribution in [3.63, 3.8) is 0 Å². The summed E-state index contributed by atoms with van der Waals surface area (Å²) in [6.45, 7) is 1.33. The van der Waals surface area contributed by atoms with Crippen LogP contribution in [0.2, 0.25) is 0 Å². The van der Waals surface area contributed by atoms with Gasteiger partial charge in [0.05, 0.1) is 6.54 Å². The third-order valence-corrected chi connectivity index (χ3v) is 3.27. The molecule has 1 atom stereocenters. The van der Waals surface area contributed by atoms with Crippen LogP contribution in [0.4, 0.5) is 4.79 Å². The molecule has 0 radical (unpaired) electrons. The maximum absolute atomic E-state index is 12.1. The second kappa shape index (κ2) is 6.25. The van der Waals surface area contributed by atoms with Crippen molar-refractivity contribution in [1.29, 1.82) is 0 Å². The molecule has 0 aliphatic carbocycles. The number of carboxylic acids is 2. The second-order valence-corrected chi connectivity index (χ2v) is 4.73. The number of nitrogens with zero attached hydrogens (tertiary/aromatic N) is 3. The first-order chi connectivity index (χ1) is 9.97. The summed E-state index contributed by atoms with van der Waals surface area (Å²) in [5, 5.41) is 20.0. The van der Waals surface area contributed by atoms with Crippen LogP contribution in [0.15, 0.2) is 12.4 Å². The average Bonchev–Trinajstić information content (AvgIpc) is 2.89. The zero-order chi connectivity index (χ0) is 15.4. The minimum absolute atomic E-state index is 0.154. The SMILES string of the molecule is O=C(O)CCC(NC(=O)N1CCn2ccnc2C1)C(=O)O. The molecule has 3 N–H and O–H groups in total. The number of carbonyl (C=O) groups is 3. The number of amides is 2. The number of urea groups is 1. The van der Waals surface area contributed by atoms with E-state index in [1.807, 2.05) is 10.8 Å². The Labute approximate surface area is 120 Å². The highest BCUT2D eigenvalue weighted by molar-refractivity contribution is 5.83. The third kappa shape index (κ3) is 3.71. The molecule has 1 aliphatic heterocycles. The van der Waals surface area contributed by atoms with Crippen molar-refractivity contribution >= 4 is 18.0 Å². The number of hydrogen-bond acceptors (Lipinski definition) is 4. The first kappa shape index (κ1) is 14.8. The van der Waals surface area contributed by atoms with Crippen LogP contribution in [0.3, 0.4) is 0 Å². The van der Waals surface area contributed by atoms with Crippen molar-refractivity contribution in [3.05, 3.63) is 18.2 Å². The van der Waals surface area contributed by atoms with Crippen molar-refractivity contribution < 1.29 is 24.6 Å². The van der Waals surface area contributed by atoms with Crippen LogP contribution < -0.4 is 5.32 Å². The summed E-state index contributed by atoms with van der Waals surface area (Å²) in [5.74, 6) is -1.62. The predicted octanol–water partition coefficient (Wildman–Crippen LogP) is -0.274. The zero-order valence-corrected chi connectivity index (χ0v) is 11.2. The molecule has 1 aliphatic rings. The van der Waals surface area contributed by atoms with Crippen molar-refractivity contribution in [3.8, 4) is 0 Å². The van der Waals surface area contributed by atoms with Crippen LogP contribution in [0, 0.1) is 0 Å². The number of fused-ring (bicyclic) bond motifs is 1. The molecule has 0 spiro atoms. The molecule has 9 heteroatoms. The van der Waals surface area contributed by atoms with Crippen molar-refractivity contribution in [2.24, 2.45) is 0 Å². The van der Waals surface area contributed by atoms with Crippen LogP contribution in [-0.4, -0.2) is 55.2 Å². The normalized spacial score (nSPS) is 15.1. The summed E-state index contributed by atoms with van der Waals surface area (Å²) in [5.41, 5.74) is 0. The molecule has 0 aromatic carbocycles. The lowest BCUT2D eigenvalue weighted by Gasteiger charge is -2.29. The lowest BCUT2D eigenvalue weighted by molar-refractivity contribution is -0.140. The van der Waals surface area contributed by atoms with E-state index in [2.05, 4.69) is 10.3 Å². The molecule has 1 aromatic heterocycles. The van der Waals surface area contributed by atoms with Crippen LogP contribution in [0.1, 0.15) is 18.7 Å². The van der Waals surface area contributed by atoms with E-state index in [0.29, 0.717) is 19.6 Å². The maximum atomic E-state index is 12.1. The fraction of sp³-hybridized carbons (Fsp3) is 0.500. The molecule has 114 valence electrons. The lowest BCUT2D eigenvalue weighted by Crippen LogP contribution is -2.50. The molecular formula is C12H16N4O5. The minimum Gasteiger partial charge on any atom is -0.481 e. The first-order valence-electron chi connectivity index (χ1n) is 6.47. The van der Waals surface area contributed by atoms with E-state index in [-0.39, 0.29) is 12.8 Å². The standard InChI is InChI=1S/C12H16N4O5/c17-10(18)2-1-8(11(19)20)14-12(21)16-6-5-15-4-3-13-9(15)7-16/h3-4,8H,1-2,5-7H2,(H,14,21)(H,17,18)(H,19,20). The molecule has 0 fully saturated rings. The van der Waals surface area contributed by atoms with Gasteiger partial charge in [0.1, 0.15) is 11.9 Å². The molecule has 0 bridgehead atoms. The van der Waals surface area contributed by atoms with Crippen LogP contribution >= 0.6 is 0 Å². The molecule has 2 rings (SSSR count). The summed E-state index contributed by atoms with van der Waals surface area (Å²) in [7, 11) is 0. The molecule has 0 saturated carbocycles. The van der Waals surface area contributed by atoms with Crippen LogP contribution in [0.25, 0.3) is 0 Å². The summed E-state index contributed by atoms with van der Waals surface area (Å²) >= 11 is 0. The number of hydrogen-bond donors (Lipinski definition) is 3. The van der Waals surface area contributed by atoms with E-state index in [1.54, 1.807) is 6.20 Å². The van der Waals surface area contributed by atoms with Gasteiger partial charge in [0, 0.05) is 31.9 Å². The summed E-state index contributed by atoms with van der Waals surface area (Å²) in [4.78, 5) is 39.2. The molecule has 9 nitrogen and oxygen atoms in total. The van der Waals surface area contributed by atoms with E-state index in [4.69, 9.17) is 10.2 Å². The fourth-order valence-corrected chi connectivity index (χ4v) is 2.11. The Balaban J connectivity index is 1.93. The quantitative estimate of drug-likeness (QED) is 0.686. The van der Waals surface area contributed by atoms with Gasteiger partial charge in [0.15, 0.2) is 0 Å². The molecule has 2 amide bonds. The van der Waals surface area contributed by atoms with Gasteiger partial charge >= 0.3 is 18.0 Å². The first-order valence-corrected chi connectivity index (χ1v) is 6.47. The average molecular weight is 296 g/mol. The van der Waals surface area contributed by atoms with Crippen molar-refractivity contribution in [2.75, 3.05) is 6.54 Å². The number of aliphatic carboxylic acids is 2. The number of imidazole rings is 1. The van der Waals surface area contributed by atoms with Gasteiger partial charge < -0.3 is 25.0 Å². The van der Waals surface area contributed by atoms with E-state index >= 15 is 0 Å².